The Bertz CT molecular complexity index is 441. The number of hydrogen-bond donors (Lipinski definition) is 0. The molecule has 15 heavy (non-hydrogen) atoms. The van der Waals surface area contributed by atoms with Crippen molar-refractivity contribution < 1.29 is 4.79 Å². The molecule has 0 fully saturated rings. The molecule has 0 radical (unpaired) electrons. The van der Waals surface area contributed by atoms with E-state index in [1.54, 1.807) is 0 Å². The van der Waals surface area contributed by atoms with Crippen molar-refractivity contribution in [3.8, 4) is 0 Å². The van der Waals surface area contributed by atoms with E-state index in [1.165, 1.54) is 11.3 Å². The zero-order valence-corrected chi connectivity index (χ0v) is 9.54. The fourth-order valence-electron chi connectivity index (χ4n) is 1.68. The second-order valence-corrected chi connectivity index (χ2v) is 4.64. The van der Waals surface area contributed by atoms with Crippen LogP contribution in [-0.4, -0.2) is 10.5 Å². The van der Waals surface area contributed by atoms with Crippen LogP contribution in [0.2, 0.25) is 0 Å². The minimum atomic E-state index is -0.00963. The third-order valence-electron chi connectivity index (χ3n) is 2.53. The molecule has 4 heteroatoms. The molecule has 1 amide bonds. The van der Waals surface area contributed by atoms with Gasteiger partial charge in [-0.15, -0.1) is 11.3 Å². The van der Waals surface area contributed by atoms with Gasteiger partial charge in [-0.2, -0.15) is 4.99 Å². The van der Waals surface area contributed by atoms with Crippen LogP contribution in [0.5, 0.6) is 0 Å². The van der Waals surface area contributed by atoms with Crippen LogP contribution in [0.1, 0.15) is 19.3 Å². The largest absolute Gasteiger partial charge is 0.327 e. The van der Waals surface area contributed by atoms with Crippen LogP contribution in [0.3, 0.4) is 0 Å². The number of carbonyl (C=O) groups is 1. The molecule has 2 rings (SSSR count). The lowest BCUT2D eigenvalue weighted by Gasteiger charge is -2.01. The molecule has 0 spiro atoms. The fourth-order valence-corrected chi connectivity index (χ4v) is 2.42. The Balaban J connectivity index is 2.03. The van der Waals surface area contributed by atoms with E-state index >= 15 is 0 Å². The lowest BCUT2D eigenvalue weighted by molar-refractivity contribution is -0.118. The highest BCUT2D eigenvalue weighted by molar-refractivity contribution is 7.07. The minimum absolute atomic E-state index is 0.00963. The second kappa shape index (κ2) is 4.57. The zero-order chi connectivity index (χ0) is 10.7. The minimum Gasteiger partial charge on any atom is -0.327 e. The van der Waals surface area contributed by atoms with E-state index in [-0.39, 0.29) is 5.91 Å². The molecule has 0 aliphatic heterocycles. The Morgan fingerprint density at radius 3 is 3.20 bits per heavy atom. The summed E-state index contributed by atoms with van der Waals surface area (Å²) < 4.78 is 1.87. The fraction of sp³-hybridized carbons (Fsp3) is 0.455. The highest BCUT2D eigenvalue weighted by Gasteiger charge is 2.13. The van der Waals surface area contributed by atoms with E-state index in [4.69, 9.17) is 0 Å². The Kier molecular flexibility index (Phi) is 3.16. The molecule has 1 atom stereocenters. The van der Waals surface area contributed by atoms with Gasteiger partial charge in [0.15, 0.2) is 4.80 Å². The van der Waals surface area contributed by atoms with Crippen LogP contribution in [0.15, 0.2) is 28.7 Å². The molecule has 0 saturated carbocycles. The summed E-state index contributed by atoms with van der Waals surface area (Å²) >= 11 is 1.49. The van der Waals surface area contributed by atoms with Gasteiger partial charge in [0.1, 0.15) is 0 Å². The van der Waals surface area contributed by atoms with E-state index in [9.17, 15) is 4.79 Å². The predicted octanol–water partition coefficient (Wildman–Crippen LogP) is 1.87. The van der Waals surface area contributed by atoms with Crippen molar-refractivity contribution in [3.05, 3.63) is 28.5 Å². The molecule has 3 nitrogen and oxygen atoms in total. The summed E-state index contributed by atoms with van der Waals surface area (Å²) in [6.45, 7) is 0. The maximum atomic E-state index is 11.6. The van der Waals surface area contributed by atoms with Gasteiger partial charge >= 0.3 is 0 Å². The van der Waals surface area contributed by atoms with E-state index in [0.29, 0.717) is 12.3 Å². The molecule has 1 aliphatic rings. The third-order valence-corrected chi connectivity index (χ3v) is 3.38. The van der Waals surface area contributed by atoms with Gasteiger partial charge in [-0.25, -0.2) is 0 Å². The maximum Gasteiger partial charge on any atom is 0.248 e. The first kappa shape index (κ1) is 10.4. The molecule has 80 valence electrons. The van der Waals surface area contributed by atoms with E-state index in [2.05, 4.69) is 17.1 Å². The molecule has 0 bridgehead atoms. The van der Waals surface area contributed by atoms with Crippen LogP contribution < -0.4 is 4.80 Å². The number of carbonyl (C=O) groups excluding carboxylic acids is 1. The van der Waals surface area contributed by atoms with Gasteiger partial charge in [0.2, 0.25) is 5.91 Å². The molecule has 1 aliphatic carbocycles. The molecule has 0 N–H and O–H groups in total. The Morgan fingerprint density at radius 2 is 2.60 bits per heavy atom. The molecule has 1 heterocycles. The normalized spacial score (nSPS) is 21.1. The first-order valence-corrected chi connectivity index (χ1v) is 5.98. The van der Waals surface area contributed by atoms with Crippen molar-refractivity contribution in [1.29, 1.82) is 0 Å². The standard InChI is InChI=1S/C11H14N2OS/c1-13-6-7-15-11(13)12-10(14)8-9-4-2-3-5-9/h2,4,6-7,9H,3,5,8H2,1H3. The van der Waals surface area contributed by atoms with Crippen LogP contribution >= 0.6 is 11.3 Å². The average molecular weight is 222 g/mol. The zero-order valence-electron chi connectivity index (χ0n) is 8.72. The first-order chi connectivity index (χ1) is 7.25. The number of hydrogen-bond acceptors (Lipinski definition) is 2. The van der Waals surface area contributed by atoms with Crippen LogP contribution in [-0.2, 0) is 11.8 Å². The number of aryl methyl sites for hydroxylation is 1. The van der Waals surface area contributed by atoms with Crippen molar-refractivity contribution in [1.82, 2.24) is 4.57 Å². The summed E-state index contributed by atoms with van der Waals surface area (Å²) in [6.07, 6.45) is 8.92. The average Bonchev–Trinajstić information content (AvgIpc) is 2.79. The molecule has 0 aromatic carbocycles. The van der Waals surface area contributed by atoms with Crippen LogP contribution in [0, 0.1) is 5.92 Å². The highest BCUT2D eigenvalue weighted by Crippen LogP contribution is 2.20. The van der Waals surface area contributed by atoms with Gasteiger partial charge in [0, 0.05) is 25.0 Å². The summed E-state index contributed by atoms with van der Waals surface area (Å²) in [5.74, 6) is 0.399. The van der Waals surface area contributed by atoms with Gasteiger partial charge in [-0.1, -0.05) is 12.2 Å². The molecule has 1 aromatic rings. The topological polar surface area (TPSA) is 34.4 Å². The number of allylic oxidation sites excluding steroid dienone is 2. The SMILES string of the molecule is Cn1ccsc1=NC(=O)CC1C=CCC1. The monoisotopic (exact) mass is 222 g/mol. The Hall–Kier alpha value is -1.16. The second-order valence-electron chi connectivity index (χ2n) is 3.77. The molecular weight excluding hydrogens is 208 g/mol. The molecule has 1 aromatic heterocycles. The van der Waals surface area contributed by atoms with Gasteiger partial charge in [0.05, 0.1) is 0 Å². The molecule has 1 unspecified atom stereocenters. The highest BCUT2D eigenvalue weighted by atomic mass is 32.1. The van der Waals surface area contributed by atoms with Gasteiger partial charge in [0.25, 0.3) is 0 Å². The Labute approximate surface area is 92.8 Å². The van der Waals surface area contributed by atoms with Crippen molar-refractivity contribution in [2.24, 2.45) is 18.0 Å². The number of thiazole rings is 1. The van der Waals surface area contributed by atoms with Crippen LogP contribution in [0.4, 0.5) is 0 Å². The number of rotatable bonds is 2. The van der Waals surface area contributed by atoms with Crippen molar-refractivity contribution >= 4 is 17.2 Å². The van der Waals surface area contributed by atoms with Crippen LogP contribution in [0.25, 0.3) is 0 Å². The molecular formula is C11H14N2OS. The third kappa shape index (κ3) is 2.65. The summed E-state index contributed by atoms with van der Waals surface area (Å²) in [4.78, 5) is 16.5. The van der Waals surface area contributed by atoms with E-state index in [0.717, 1.165) is 17.6 Å². The quantitative estimate of drug-likeness (QED) is 0.703. The summed E-state index contributed by atoms with van der Waals surface area (Å²) in [6, 6.07) is 0. The van der Waals surface area contributed by atoms with Gasteiger partial charge in [-0.05, 0) is 18.8 Å². The van der Waals surface area contributed by atoms with Gasteiger partial charge < -0.3 is 4.57 Å². The lowest BCUT2D eigenvalue weighted by atomic mass is 10.1. The first-order valence-electron chi connectivity index (χ1n) is 5.10. The lowest BCUT2D eigenvalue weighted by Crippen LogP contribution is -2.13. The smallest absolute Gasteiger partial charge is 0.248 e. The van der Waals surface area contributed by atoms with E-state index in [1.807, 2.05) is 23.2 Å². The van der Waals surface area contributed by atoms with Crippen molar-refractivity contribution in [2.75, 3.05) is 0 Å². The van der Waals surface area contributed by atoms with E-state index < -0.39 is 0 Å². The van der Waals surface area contributed by atoms with Crippen molar-refractivity contribution in [3.63, 3.8) is 0 Å². The predicted molar refractivity (Wildman–Crippen MR) is 60.3 cm³/mol. The maximum absolute atomic E-state index is 11.6. The number of aromatic nitrogens is 1. The van der Waals surface area contributed by atoms with Gasteiger partial charge in [-0.3, -0.25) is 4.79 Å². The summed E-state index contributed by atoms with van der Waals surface area (Å²) in [5, 5.41) is 1.93. The number of amides is 1. The molecule has 0 saturated heterocycles. The summed E-state index contributed by atoms with van der Waals surface area (Å²) in [7, 11) is 1.90. The summed E-state index contributed by atoms with van der Waals surface area (Å²) in [5.41, 5.74) is 0. The number of nitrogens with zero attached hydrogens (tertiary/aromatic N) is 2. The Morgan fingerprint density at radius 1 is 1.73 bits per heavy atom. The van der Waals surface area contributed by atoms with Crippen molar-refractivity contribution in [2.45, 2.75) is 19.3 Å².